The monoisotopic (exact) mass is 421 g/mol. The topological polar surface area (TPSA) is 93.3 Å². The van der Waals surface area contributed by atoms with E-state index in [1.54, 1.807) is 18.1 Å². The largest absolute Gasteiger partial charge is 0.490 e. The molecule has 2 heterocycles. The van der Waals surface area contributed by atoms with Gasteiger partial charge < -0.3 is 14.4 Å². The van der Waals surface area contributed by atoms with Crippen molar-refractivity contribution in [3.8, 4) is 22.9 Å². The molecule has 0 saturated heterocycles. The van der Waals surface area contributed by atoms with Gasteiger partial charge in [-0.3, -0.25) is 4.79 Å². The number of benzene rings is 2. The van der Waals surface area contributed by atoms with Crippen molar-refractivity contribution in [3.63, 3.8) is 0 Å². The molecule has 8 nitrogen and oxygen atoms in total. The third kappa shape index (κ3) is 4.54. The van der Waals surface area contributed by atoms with Crippen LogP contribution in [0.1, 0.15) is 17.0 Å². The van der Waals surface area contributed by atoms with Crippen molar-refractivity contribution in [3.05, 3.63) is 65.5 Å². The molecule has 1 aliphatic heterocycles. The van der Waals surface area contributed by atoms with Gasteiger partial charge in [0.15, 0.2) is 0 Å². The number of carbonyl (C=O) groups excluding carboxylic acids is 1. The molecule has 0 radical (unpaired) electrons. The number of aromatic nitrogens is 3. The number of hydrogen-bond donors (Lipinski definition) is 0. The van der Waals surface area contributed by atoms with Gasteiger partial charge in [-0.2, -0.15) is 5.26 Å². The van der Waals surface area contributed by atoms with Crippen LogP contribution in [0, 0.1) is 17.1 Å². The van der Waals surface area contributed by atoms with Crippen LogP contribution in [0.5, 0.6) is 5.75 Å². The molecule has 0 saturated carbocycles. The molecule has 0 aliphatic carbocycles. The molecule has 1 amide bonds. The van der Waals surface area contributed by atoms with E-state index in [2.05, 4.69) is 10.1 Å². The molecule has 0 N–H and O–H groups in total. The molecule has 0 bridgehead atoms. The lowest BCUT2D eigenvalue weighted by Gasteiger charge is -2.15. The summed E-state index contributed by atoms with van der Waals surface area (Å²) in [5.41, 5.74) is 3.74. The van der Waals surface area contributed by atoms with Crippen LogP contribution in [0.25, 0.3) is 11.1 Å². The van der Waals surface area contributed by atoms with Gasteiger partial charge in [0, 0.05) is 31.8 Å². The lowest BCUT2D eigenvalue weighted by molar-refractivity contribution is -0.132. The van der Waals surface area contributed by atoms with Crippen LogP contribution in [0.4, 0.5) is 4.39 Å². The van der Waals surface area contributed by atoms with Crippen LogP contribution in [-0.4, -0.2) is 45.9 Å². The molecule has 0 atom stereocenters. The van der Waals surface area contributed by atoms with Crippen LogP contribution in [0.2, 0.25) is 0 Å². The summed E-state index contributed by atoms with van der Waals surface area (Å²) < 4.78 is 25.8. The first kappa shape index (κ1) is 20.5. The van der Waals surface area contributed by atoms with Gasteiger partial charge in [0.25, 0.3) is 5.82 Å². The standard InChI is InChI=1S/C22H20FN5O3/c1-30-6-7-31-20-9-18(23)4-5-19(20)15-2-3-16-11-27(12-17(16)8-15)22(29)13-28-14-25-21(10-24)26-28/h2-5,8-9,14H,6-7,11-13H2,1H3. The lowest BCUT2D eigenvalue weighted by atomic mass is 10.00. The number of hydrogen-bond acceptors (Lipinski definition) is 6. The second-order valence-corrected chi connectivity index (χ2v) is 7.09. The van der Waals surface area contributed by atoms with Gasteiger partial charge in [-0.25, -0.2) is 14.1 Å². The normalized spacial score (nSPS) is 12.5. The SMILES string of the molecule is COCCOc1cc(F)ccc1-c1ccc2c(c1)CN(C(=O)Cn1cnc(C#N)n1)C2. The molecule has 1 aromatic heterocycles. The van der Waals surface area contributed by atoms with E-state index in [1.165, 1.54) is 23.1 Å². The zero-order valence-corrected chi connectivity index (χ0v) is 16.9. The molecular formula is C22H20FN5O3. The van der Waals surface area contributed by atoms with Crippen LogP contribution in [0.3, 0.4) is 0 Å². The van der Waals surface area contributed by atoms with Gasteiger partial charge >= 0.3 is 0 Å². The van der Waals surface area contributed by atoms with Gasteiger partial charge in [-0.05, 0) is 34.9 Å². The van der Waals surface area contributed by atoms with Crippen molar-refractivity contribution in [2.75, 3.05) is 20.3 Å². The highest BCUT2D eigenvalue weighted by Gasteiger charge is 2.24. The Morgan fingerprint density at radius 1 is 1.19 bits per heavy atom. The number of carbonyl (C=O) groups is 1. The zero-order valence-electron chi connectivity index (χ0n) is 16.9. The van der Waals surface area contributed by atoms with E-state index in [0.717, 1.165) is 22.3 Å². The fraction of sp³-hybridized carbons (Fsp3) is 0.273. The smallest absolute Gasteiger partial charge is 0.252 e. The van der Waals surface area contributed by atoms with Crippen LogP contribution < -0.4 is 4.74 Å². The Morgan fingerprint density at radius 2 is 2.03 bits per heavy atom. The van der Waals surface area contributed by atoms with E-state index in [0.29, 0.717) is 32.1 Å². The predicted molar refractivity (Wildman–Crippen MR) is 108 cm³/mol. The van der Waals surface area contributed by atoms with E-state index < -0.39 is 0 Å². The number of halogens is 1. The van der Waals surface area contributed by atoms with Crippen LogP contribution in [0.15, 0.2) is 42.7 Å². The average molecular weight is 421 g/mol. The highest BCUT2D eigenvalue weighted by atomic mass is 19.1. The number of nitrogens with zero attached hydrogens (tertiary/aromatic N) is 5. The van der Waals surface area contributed by atoms with Crippen LogP contribution in [-0.2, 0) is 29.2 Å². The molecule has 158 valence electrons. The van der Waals surface area contributed by atoms with Crippen molar-refractivity contribution < 1.29 is 18.7 Å². The Balaban J connectivity index is 1.50. The second-order valence-electron chi connectivity index (χ2n) is 7.09. The van der Waals surface area contributed by atoms with Crippen molar-refractivity contribution in [2.45, 2.75) is 19.6 Å². The summed E-state index contributed by atoms with van der Waals surface area (Å²) in [4.78, 5) is 18.2. The van der Waals surface area contributed by atoms with Crippen molar-refractivity contribution in [1.82, 2.24) is 19.7 Å². The van der Waals surface area contributed by atoms with Gasteiger partial charge in [0.05, 0.1) is 6.61 Å². The Morgan fingerprint density at radius 3 is 2.81 bits per heavy atom. The Kier molecular flexibility index (Phi) is 5.91. The number of rotatable bonds is 7. The summed E-state index contributed by atoms with van der Waals surface area (Å²) in [5, 5.41) is 12.7. The van der Waals surface area contributed by atoms with Gasteiger partial charge in [0.1, 0.15) is 37.1 Å². The maximum atomic E-state index is 13.8. The number of amides is 1. The lowest BCUT2D eigenvalue weighted by Crippen LogP contribution is -2.29. The number of fused-ring (bicyclic) bond motifs is 1. The summed E-state index contributed by atoms with van der Waals surface area (Å²) in [7, 11) is 1.58. The molecule has 9 heteroatoms. The molecular weight excluding hydrogens is 401 g/mol. The highest BCUT2D eigenvalue weighted by molar-refractivity contribution is 5.77. The number of methoxy groups -OCH3 is 1. The summed E-state index contributed by atoms with van der Waals surface area (Å²) in [6, 6.07) is 12.2. The van der Waals surface area contributed by atoms with E-state index in [1.807, 2.05) is 24.3 Å². The molecule has 3 aromatic rings. The summed E-state index contributed by atoms with van der Waals surface area (Å²) in [6.07, 6.45) is 1.37. The molecule has 31 heavy (non-hydrogen) atoms. The maximum absolute atomic E-state index is 13.8. The van der Waals surface area contributed by atoms with E-state index in [4.69, 9.17) is 14.7 Å². The Labute approximate surface area is 178 Å². The molecule has 0 fully saturated rings. The molecule has 2 aromatic carbocycles. The quantitative estimate of drug-likeness (QED) is 0.544. The summed E-state index contributed by atoms with van der Waals surface area (Å²) >= 11 is 0. The van der Waals surface area contributed by atoms with E-state index >= 15 is 0 Å². The van der Waals surface area contributed by atoms with Gasteiger partial charge in [0.2, 0.25) is 5.91 Å². The third-order valence-corrected chi connectivity index (χ3v) is 5.01. The molecule has 0 spiro atoms. The average Bonchev–Trinajstić information content (AvgIpc) is 3.40. The minimum Gasteiger partial charge on any atom is -0.490 e. The minimum absolute atomic E-state index is 0.0188. The molecule has 1 aliphatic rings. The second kappa shape index (κ2) is 8.93. The number of nitriles is 1. The molecule has 4 rings (SSSR count). The van der Waals surface area contributed by atoms with Crippen molar-refractivity contribution in [1.29, 1.82) is 5.26 Å². The van der Waals surface area contributed by atoms with Crippen molar-refractivity contribution >= 4 is 5.91 Å². The van der Waals surface area contributed by atoms with E-state index in [-0.39, 0.29) is 24.1 Å². The van der Waals surface area contributed by atoms with Gasteiger partial charge in [-0.1, -0.05) is 12.1 Å². The number of ether oxygens (including phenoxy) is 2. The Bertz CT molecular complexity index is 1150. The predicted octanol–water partition coefficient (Wildman–Crippen LogP) is 2.52. The summed E-state index contributed by atoms with van der Waals surface area (Å²) in [5.74, 6) is -0.00773. The van der Waals surface area contributed by atoms with Gasteiger partial charge in [-0.15, -0.1) is 5.10 Å². The maximum Gasteiger partial charge on any atom is 0.252 e. The highest BCUT2D eigenvalue weighted by Crippen LogP contribution is 2.34. The fourth-order valence-corrected chi connectivity index (χ4v) is 3.49. The van der Waals surface area contributed by atoms with E-state index in [9.17, 15) is 9.18 Å². The van der Waals surface area contributed by atoms with Crippen LogP contribution >= 0.6 is 0 Å². The minimum atomic E-state index is -0.373. The third-order valence-electron chi connectivity index (χ3n) is 5.01. The Hall–Kier alpha value is -3.77. The zero-order chi connectivity index (χ0) is 21.8. The first-order chi connectivity index (χ1) is 15.1. The van der Waals surface area contributed by atoms with Crippen molar-refractivity contribution in [2.24, 2.45) is 0 Å². The summed E-state index contributed by atoms with van der Waals surface area (Å²) in [6.45, 7) is 1.69. The fourth-order valence-electron chi connectivity index (χ4n) is 3.49. The molecule has 0 unspecified atom stereocenters. The first-order valence-electron chi connectivity index (χ1n) is 9.68. The first-order valence-corrected chi connectivity index (χ1v) is 9.68.